The lowest BCUT2D eigenvalue weighted by molar-refractivity contribution is 0.0951. The first-order valence-electron chi connectivity index (χ1n) is 8.08. The van der Waals surface area contributed by atoms with E-state index >= 15 is 0 Å². The highest BCUT2D eigenvalue weighted by Crippen LogP contribution is 2.11. The number of rotatable bonds is 9. The molecular weight excluding hydrogens is 340 g/mol. The lowest BCUT2D eigenvalue weighted by Gasteiger charge is -2.08. The Labute approximate surface area is 148 Å². The molecule has 0 aliphatic carbocycles. The molecule has 0 fully saturated rings. The molecule has 6 nitrogen and oxygen atoms in total. The van der Waals surface area contributed by atoms with E-state index in [0.717, 1.165) is 5.75 Å². The van der Waals surface area contributed by atoms with Gasteiger partial charge in [-0.3, -0.25) is 4.79 Å². The SMILES string of the molecule is CCNS(=O)(=O)c1ccc(C(=O)NCCCOc2ccccc2)cc1. The molecule has 0 atom stereocenters. The van der Waals surface area contributed by atoms with Crippen LogP contribution in [0.2, 0.25) is 0 Å². The summed E-state index contributed by atoms with van der Waals surface area (Å²) in [5, 5.41) is 2.78. The summed E-state index contributed by atoms with van der Waals surface area (Å²) in [6, 6.07) is 15.3. The van der Waals surface area contributed by atoms with E-state index in [4.69, 9.17) is 4.74 Å². The highest BCUT2D eigenvalue weighted by molar-refractivity contribution is 7.89. The fourth-order valence-corrected chi connectivity index (χ4v) is 3.18. The summed E-state index contributed by atoms with van der Waals surface area (Å²) >= 11 is 0. The fourth-order valence-electron chi connectivity index (χ4n) is 2.14. The summed E-state index contributed by atoms with van der Waals surface area (Å²) in [5.74, 6) is 0.554. The summed E-state index contributed by atoms with van der Waals surface area (Å²) in [6.45, 7) is 3.00. The van der Waals surface area contributed by atoms with Crippen molar-refractivity contribution in [1.82, 2.24) is 10.0 Å². The number of benzene rings is 2. The van der Waals surface area contributed by atoms with E-state index in [1.54, 1.807) is 6.92 Å². The minimum atomic E-state index is -3.50. The van der Waals surface area contributed by atoms with Crippen molar-refractivity contribution in [2.45, 2.75) is 18.2 Å². The second kappa shape index (κ2) is 9.19. The molecule has 0 aliphatic rings. The third-order valence-corrected chi connectivity index (χ3v) is 4.94. The highest BCUT2D eigenvalue weighted by atomic mass is 32.2. The van der Waals surface area contributed by atoms with E-state index in [1.165, 1.54) is 24.3 Å². The molecular formula is C18H22N2O4S. The predicted octanol–water partition coefficient (Wildman–Crippen LogP) is 2.18. The zero-order chi connectivity index (χ0) is 18.1. The van der Waals surface area contributed by atoms with Gasteiger partial charge in [0.15, 0.2) is 0 Å². The molecule has 134 valence electrons. The van der Waals surface area contributed by atoms with Gasteiger partial charge in [0, 0.05) is 18.7 Å². The number of sulfonamides is 1. The molecule has 0 aliphatic heterocycles. The summed E-state index contributed by atoms with van der Waals surface area (Å²) in [6.07, 6.45) is 0.674. The van der Waals surface area contributed by atoms with Gasteiger partial charge in [-0.05, 0) is 42.8 Å². The molecule has 0 unspecified atom stereocenters. The zero-order valence-electron chi connectivity index (χ0n) is 14.1. The molecule has 1 amide bonds. The van der Waals surface area contributed by atoms with Gasteiger partial charge in [-0.15, -0.1) is 0 Å². The van der Waals surface area contributed by atoms with E-state index in [1.807, 2.05) is 30.3 Å². The molecule has 0 bridgehead atoms. The Morgan fingerprint density at radius 1 is 1.04 bits per heavy atom. The molecule has 2 aromatic rings. The number of ether oxygens (including phenoxy) is 1. The van der Waals surface area contributed by atoms with Gasteiger partial charge in [-0.1, -0.05) is 25.1 Å². The standard InChI is InChI=1S/C18H22N2O4S/c1-2-20-25(22,23)17-11-9-15(10-12-17)18(21)19-13-6-14-24-16-7-4-3-5-8-16/h3-5,7-12,20H,2,6,13-14H2,1H3,(H,19,21). The number of para-hydroxylation sites is 1. The third-order valence-electron chi connectivity index (χ3n) is 3.38. The van der Waals surface area contributed by atoms with Crippen LogP contribution in [0.25, 0.3) is 0 Å². The first-order valence-corrected chi connectivity index (χ1v) is 9.57. The van der Waals surface area contributed by atoms with Crippen LogP contribution in [0.15, 0.2) is 59.5 Å². The van der Waals surface area contributed by atoms with Crippen molar-refractivity contribution in [1.29, 1.82) is 0 Å². The Bertz CT molecular complexity index is 774. The van der Waals surface area contributed by atoms with Crippen LogP contribution >= 0.6 is 0 Å². The second-order valence-corrected chi connectivity index (χ2v) is 7.06. The van der Waals surface area contributed by atoms with E-state index in [9.17, 15) is 13.2 Å². The average molecular weight is 362 g/mol. The van der Waals surface area contributed by atoms with Gasteiger partial charge in [0.2, 0.25) is 10.0 Å². The second-order valence-electron chi connectivity index (χ2n) is 5.30. The van der Waals surface area contributed by atoms with Crippen molar-refractivity contribution in [3.05, 3.63) is 60.2 Å². The van der Waals surface area contributed by atoms with Crippen LogP contribution in [0.1, 0.15) is 23.7 Å². The first-order chi connectivity index (χ1) is 12.0. The number of carbonyl (C=O) groups excluding carboxylic acids is 1. The molecule has 2 N–H and O–H groups in total. The largest absolute Gasteiger partial charge is 0.494 e. The fraction of sp³-hybridized carbons (Fsp3) is 0.278. The number of amides is 1. The van der Waals surface area contributed by atoms with Crippen LogP contribution in [-0.2, 0) is 10.0 Å². The van der Waals surface area contributed by atoms with Gasteiger partial charge in [-0.2, -0.15) is 0 Å². The minimum absolute atomic E-state index is 0.141. The van der Waals surface area contributed by atoms with Crippen LogP contribution < -0.4 is 14.8 Å². The van der Waals surface area contributed by atoms with Gasteiger partial charge < -0.3 is 10.1 Å². The molecule has 0 radical (unpaired) electrons. The Morgan fingerprint density at radius 2 is 1.72 bits per heavy atom. The molecule has 0 spiro atoms. The zero-order valence-corrected chi connectivity index (χ0v) is 14.9. The van der Waals surface area contributed by atoms with Crippen molar-refractivity contribution >= 4 is 15.9 Å². The van der Waals surface area contributed by atoms with E-state index in [-0.39, 0.29) is 10.8 Å². The van der Waals surface area contributed by atoms with Crippen molar-refractivity contribution in [3.8, 4) is 5.75 Å². The summed E-state index contributed by atoms with van der Waals surface area (Å²) in [4.78, 5) is 12.2. The van der Waals surface area contributed by atoms with Crippen LogP contribution in [0.3, 0.4) is 0 Å². The van der Waals surface area contributed by atoms with Gasteiger partial charge >= 0.3 is 0 Å². The van der Waals surface area contributed by atoms with Crippen LogP contribution in [-0.4, -0.2) is 34.0 Å². The molecule has 2 aromatic carbocycles. The van der Waals surface area contributed by atoms with E-state index in [0.29, 0.717) is 31.7 Å². The molecule has 0 saturated carbocycles. The van der Waals surface area contributed by atoms with Crippen LogP contribution in [0.4, 0.5) is 0 Å². The average Bonchev–Trinajstić information content (AvgIpc) is 2.62. The van der Waals surface area contributed by atoms with Crippen LogP contribution in [0.5, 0.6) is 5.75 Å². The van der Waals surface area contributed by atoms with Crippen molar-refractivity contribution < 1.29 is 17.9 Å². The Morgan fingerprint density at radius 3 is 2.36 bits per heavy atom. The van der Waals surface area contributed by atoms with Gasteiger partial charge in [0.05, 0.1) is 11.5 Å². The molecule has 7 heteroatoms. The summed E-state index contributed by atoms with van der Waals surface area (Å²) in [7, 11) is -3.50. The molecule has 2 rings (SSSR count). The van der Waals surface area contributed by atoms with Crippen molar-refractivity contribution in [3.63, 3.8) is 0 Å². The number of hydrogen-bond donors (Lipinski definition) is 2. The highest BCUT2D eigenvalue weighted by Gasteiger charge is 2.13. The van der Waals surface area contributed by atoms with Crippen molar-refractivity contribution in [2.24, 2.45) is 0 Å². The quantitative estimate of drug-likeness (QED) is 0.670. The number of nitrogens with one attached hydrogen (secondary N) is 2. The van der Waals surface area contributed by atoms with Gasteiger partial charge in [0.1, 0.15) is 5.75 Å². The topological polar surface area (TPSA) is 84.5 Å². The maximum Gasteiger partial charge on any atom is 0.251 e. The molecule has 25 heavy (non-hydrogen) atoms. The predicted molar refractivity (Wildman–Crippen MR) is 96.2 cm³/mol. The van der Waals surface area contributed by atoms with Crippen LogP contribution in [0, 0.1) is 0 Å². The summed E-state index contributed by atoms with van der Waals surface area (Å²) < 4.78 is 31.6. The Hall–Kier alpha value is -2.38. The monoisotopic (exact) mass is 362 g/mol. The minimum Gasteiger partial charge on any atom is -0.494 e. The lowest BCUT2D eigenvalue weighted by atomic mass is 10.2. The first kappa shape index (κ1) is 19.0. The van der Waals surface area contributed by atoms with Crippen molar-refractivity contribution in [2.75, 3.05) is 19.7 Å². The summed E-state index contributed by atoms with van der Waals surface area (Å²) in [5.41, 5.74) is 0.416. The molecule has 0 saturated heterocycles. The third kappa shape index (κ3) is 5.88. The van der Waals surface area contributed by atoms with E-state index < -0.39 is 10.0 Å². The smallest absolute Gasteiger partial charge is 0.251 e. The Balaban J connectivity index is 1.77. The normalized spacial score (nSPS) is 11.1. The van der Waals surface area contributed by atoms with Gasteiger partial charge in [-0.25, -0.2) is 13.1 Å². The molecule has 0 aromatic heterocycles. The lowest BCUT2D eigenvalue weighted by Crippen LogP contribution is -2.26. The van der Waals surface area contributed by atoms with E-state index in [2.05, 4.69) is 10.0 Å². The number of hydrogen-bond acceptors (Lipinski definition) is 4. The van der Waals surface area contributed by atoms with Gasteiger partial charge in [0.25, 0.3) is 5.91 Å². The number of carbonyl (C=O) groups is 1. The molecule has 0 heterocycles. The maximum absolute atomic E-state index is 12.0. The Kier molecular flexibility index (Phi) is 6.97. The maximum atomic E-state index is 12.0.